The summed E-state index contributed by atoms with van der Waals surface area (Å²) in [5.74, 6) is 0.415. The van der Waals surface area contributed by atoms with Gasteiger partial charge in [0, 0.05) is 44.0 Å². The van der Waals surface area contributed by atoms with Crippen LogP contribution in [0.5, 0.6) is 0 Å². The van der Waals surface area contributed by atoms with E-state index in [1.165, 1.54) is 105 Å². The maximum absolute atomic E-state index is 10.0. The Labute approximate surface area is 336 Å². The summed E-state index contributed by atoms with van der Waals surface area (Å²) in [5.41, 5.74) is 6.63. The maximum atomic E-state index is 10.0. The van der Waals surface area contributed by atoms with Crippen LogP contribution in [0.3, 0.4) is 0 Å². The minimum absolute atomic E-state index is 0. The van der Waals surface area contributed by atoms with Crippen molar-refractivity contribution in [2.75, 3.05) is 0 Å². The summed E-state index contributed by atoms with van der Waals surface area (Å²) >= 11 is 1.88. The fraction of sp³-hybridized carbons (Fsp3) is 0.333. The molecule has 0 aliphatic heterocycles. The topological polar surface area (TPSA) is 25.8 Å². The third-order valence-electron chi connectivity index (χ3n) is 11.5. The molecule has 5 heteroatoms. The number of hydrogen-bond donors (Lipinski definition) is 0. The second-order valence-electron chi connectivity index (χ2n) is 16.0. The molecule has 0 spiro atoms. The van der Waals surface area contributed by atoms with Gasteiger partial charge in [-0.05, 0) is 99.6 Å². The van der Waals surface area contributed by atoms with Gasteiger partial charge in [-0.2, -0.15) is 11.3 Å². The fourth-order valence-electron chi connectivity index (χ4n) is 8.69. The molecule has 4 aromatic carbocycles. The van der Waals surface area contributed by atoms with Gasteiger partial charge >= 0.3 is 0 Å². The molecule has 9 rings (SSSR count). The Morgan fingerprint density at radius 3 is 2.19 bits per heavy atom. The monoisotopic (exact) mass is 908 g/mol. The molecule has 0 saturated heterocycles. The molecule has 0 bridgehead atoms. The van der Waals surface area contributed by atoms with Crippen LogP contribution in [0.15, 0.2) is 103 Å². The van der Waals surface area contributed by atoms with Gasteiger partial charge in [-0.15, -0.1) is 59.7 Å². The van der Waals surface area contributed by atoms with Crippen LogP contribution in [0.4, 0.5) is 0 Å². The number of aromatic nitrogens is 2. The maximum Gasteiger partial charge on any atom is 0.0795 e. The van der Waals surface area contributed by atoms with Crippen LogP contribution in [-0.2, 0) is 20.1 Å². The normalized spacial score (nSPS) is 16.9. The number of pyridine rings is 2. The molecular formula is C48H50IrN2SSi-2. The first kappa shape index (κ1) is 36.5. The predicted molar refractivity (Wildman–Crippen MR) is 226 cm³/mol. The van der Waals surface area contributed by atoms with Crippen molar-refractivity contribution in [1.82, 2.24) is 9.97 Å². The molecule has 0 amide bonds. The summed E-state index contributed by atoms with van der Waals surface area (Å²) < 4.78 is 12.7. The fourth-order valence-corrected chi connectivity index (χ4v) is 11.1. The summed E-state index contributed by atoms with van der Waals surface area (Å²) in [6.07, 6.45) is 15.2. The van der Waals surface area contributed by atoms with E-state index in [0.29, 0.717) is 11.8 Å². The van der Waals surface area contributed by atoms with Crippen molar-refractivity contribution >= 4 is 55.5 Å². The summed E-state index contributed by atoms with van der Waals surface area (Å²) in [5, 5.41) is 6.65. The van der Waals surface area contributed by atoms with E-state index in [0.717, 1.165) is 22.5 Å². The largest absolute Gasteiger partial charge is 0.305 e. The number of rotatable bonds is 6. The molecule has 1 atom stereocenters. The van der Waals surface area contributed by atoms with Crippen LogP contribution < -0.4 is 5.19 Å². The number of aryl methyl sites for hydroxylation is 1. The van der Waals surface area contributed by atoms with E-state index in [1.807, 2.05) is 48.0 Å². The molecule has 0 N–H and O–H groups in total. The van der Waals surface area contributed by atoms with Gasteiger partial charge in [-0.25, -0.2) is 0 Å². The Hall–Kier alpha value is -3.47. The number of hydrogen-bond acceptors (Lipinski definition) is 3. The summed E-state index contributed by atoms with van der Waals surface area (Å²) in [4.78, 5) is 9.41. The molecule has 3 heterocycles. The molecular weight excluding hydrogens is 857 g/mol. The van der Waals surface area contributed by atoms with E-state index in [4.69, 9.17) is 4.98 Å². The molecule has 2 saturated carbocycles. The summed E-state index contributed by atoms with van der Waals surface area (Å²) in [6, 6.07) is 38.8. The van der Waals surface area contributed by atoms with E-state index in [1.54, 1.807) is 0 Å². The van der Waals surface area contributed by atoms with E-state index in [2.05, 4.69) is 110 Å². The van der Waals surface area contributed by atoms with Gasteiger partial charge in [-0.3, -0.25) is 0 Å². The van der Waals surface area contributed by atoms with E-state index >= 15 is 0 Å². The van der Waals surface area contributed by atoms with Crippen molar-refractivity contribution in [2.24, 2.45) is 11.8 Å². The second kappa shape index (κ2) is 16.5. The third kappa shape index (κ3) is 8.01. The Morgan fingerprint density at radius 2 is 1.49 bits per heavy atom. The molecule has 7 aromatic rings. The van der Waals surface area contributed by atoms with Crippen LogP contribution >= 0.6 is 11.3 Å². The summed E-state index contributed by atoms with van der Waals surface area (Å²) in [7, 11) is -1.23. The van der Waals surface area contributed by atoms with Gasteiger partial charge in [0.25, 0.3) is 0 Å². The third-order valence-corrected chi connectivity index (χ3v) is 14.7. The molecule has 1 unspecified atom stereocenters. The van der Waals surface area contributed by atoms with E-state index in [9.17, 15) is 1.37 Å². The Balaban J connectivity index is 0.000000223. The first-order chi connectivity index (χ1) is 25.7. The molecule has 2 fully saturated rings. The zero-order chi connectivity index (χ0) is 36.6. The molecule has 53 heavy (non-hydrogen) atoms. The summed E-state index contributed by atoms with van der Waals surface area (Å²) in [6.45, 7) is 9.21. The molecule has 2 aliphatic carbocycles. The number of thiophene rings is 1. The zero-order valence-corrected chi connectivity index (χ0v) is 35.7. The van der Waals surface area contributed by atoms with E-state index < -0.39 is 14.0 Å². The Kier molecular flexibility index (Phi) is 11.4. The molecule has 2 nitrogen and oxygen atoms in total. The second-order valence-corrected chi connectivity index (χ2v) is 22.1. The van der Waals surface area contributed by atoms with Crippen LogP contribution in [0.25, 0.3) is 53.5 Å². The molecule has 1 radical (unpaired) electrons. The van der Waals surface area contributed by atoms with Crippen LogP contribution in [-0.4, -0.2) is 18.0 Å². The number of benzene rings is 4. The predicted octanol–water partition coefficient (Wildman–Crippen LogP) is 13.3. The average Bonchev–Trinajstić information content (AvgIpc) is 3.88. The standard InChI is InChI=1S/C34H34NS.C14H16NSi.Ir/c1-22-9-7-14-25-17-18-28-27-15-8-16-29(33(27)36-34(28)31(22)25)30-21-26(19-20-35-30)32(24-12-5-6-13-24)23-10-3-2-4-11-23;1-16(2,3)13-9-10-14(15-11-13)12-7-5-4-6-8-12;/h7-9,14-15,17-21,23-24,32H,2-6,10-13H2,1H3;4-7,9-11H,1-3H3;/q2*-1;/i32D;;. The van der Waals surface area contributed by atoms with Gasteiger partial charge in [0.15, 0.2) is 0 Å². The first-order valence-electron chi connectivity index (χ1n) is 19.9. The molecule has 2 aliphatic rings. The minimum Gasteiger partial charge on any atom is -0.305 e. The van der Waals surface area contributed by atoms with Crippen molar-refractivity contribution in [1.29, 1.82) is 0 Å². The van der Waals surface area contributed by atoms with Gasteiger partial charge in [-0.1, -0.05) is 106 Å². The molecule has 3 aromatic heterocycles. The van der Waals surface area contributed by atoms with Gasteiger partial charge in [0.1, 0.15) is 0 Å². The van der Waals surface area contributed by atoms with Gasteiger partial charge in [0.2, 0.25) is 0 Å². The van der Waals surface area contributed by atoms with Crippen molar-refractivity contribution in [2.45, 2.75) is 90.2 Å². The Morgan fingerprint density at radius 1 is 0.736 bits per heavy atom. The van der Waals surface area contributed by atoms with E-state index in [-0.39, 0.29) is 20.1 Å². The van der Waals surface area contributed by atoms with Gasteiger partial charge in [0.05, 0.1) is 8.07 Å². The average molecular weight is 908 g/mol. The van der Waals surface area contributed by atoms with Crippen LogP contribution in [0, 0.1) is 30.9 Å². The van der Waals surface area contributed by atoms with Gasteiger partial charge < -0.3 is 9.97 Å². The van der Waals surface area contributed by atoms with Crippen LogP contribution in [0.2, 0.25) is 19.6 Å². The smallest absolute Gasteiger partial charge is 0.0795 e. The van der Waals surface area contributed by atoms with Crippen molar-refractivity contribution < 1.29 is 21.5 Å². The quantitative estimate of drug-likeness (QED) is 0.123. The number of nitrogens with zero attached hydrogens (tertiary/aromatic N) is 2. The van der Waals surface area contributed by atoms with Crippen molar-refractivity contribution in [3.8, 4) is 22.5 Å². The Bertz CT molecular complexity index is 2360. The minimum atomic E-state index is -1.23. The van der Waals surface area contributed by atoms with Crippen LogP contribution in [0.1, 0.15) is 76.2 Å². The van der Waals surface area contributed by atoms with Crippen molar-refractivity contribution in [3.63, 3.8) is 0 Å². The zero-order valence-electron chi connectivity index (χ0n) is 32.5. The SMILES string of the molecule is C[Si](C)(C)c1ccc(-c2[c-]cccc2)nc1.[2H]C(c1ccnc(-c2[c-]ccc3c2sc2c3ccc3cccc(C)c32)c1)(C1CCCCC1)C1CCCC1.[Ir]. The first-order valence-corrected chi connectivity index (χ1v) is 23.7. The van der Waals surface area contributed by atoms with Crippen molar-refractivity contribution in [3.05, 3.63) is 127 Å². The molecule has 273 valence electrons. The number of fused-ring (bicyclic) bond motifs is 5.